The third kappa shape index (κ3) is 7.38. The van der Waals surface area contributed by atoms with Crippen LogP contribution in [0.5, 0.6) is 5.75 Å². The first-order valence-electron chi connectivity index (χ1n) is 13.9. The van der Waals surface area contributed by atoms with Gasteiger partial charge in [-0.25, -0.2) is 8.42 Å². The molecular weight excluding hydrogens is 585 g/mol. The summed E-state index contributed by atoms with van der Waals surface area (Å²) in [5.74, 6) is 0.417. The summed E-state index contributed by atoms with van der Waals surface area (Å²) in [7, 11) is -0.898. The van der Waals surface area contributed by atoms with Crippen LogP contribution in [0.2, 0.25) is 0 Å². The van der Waals surface area contributed by atoms with Crippen LogP contribution in [0.25, 0.3) is 10.8 Å². The number of likely N-dealkylation sites (N-methyl/N-ethyl adjacent to an activating group) is 1. The normalized spacial score (nSPS) is 17.1. The van der Waals surface area contributed by atoms with E-state index in [0.717, 1.165) is 27.6 Å². The van der Waals surface area contributed by atoms with E-state index in [1.54, 1.807) is 37.1 Å². The molecule has 0 spiro atoms. The second-order valence-electron chi connectivity index (χ2n) is 10.5. The number of hydrogen-bond acceptors (Lipinski definition) is 7. The van der Waals surface area contributed by atoms with Crippen molar-refractivity contribution in [3.63, 3.8) is 0 Å². The zero-order valence-corrected chi connectivity index (χ0v) is 25.7. The Hall–Kier alpha value is -3.86. The number of rotatable bonds is 11. The van der Waals surface area contributed by atoms with Crippen molar-refractivity contribution in [1.82, 2.24) is 9.21 Å². The number of carbonyl (C=O) groups excluding carboxylic acids is 2. The molecule has 1 heterocycles. The predicted octanol–water partition coefficient (Wildman–Crippen LogP) is 5.12. The highest BCUT2D eigenvalue weighted by molar-refractivity contribution is 7.99. The van der Waals surface area contributed by atoms with Gasteiger partial charge in [0.1, 0.15) is 24.9 Å². The van der Waals surface area contributed by atoms with Crippen molar-refractivity contribution in [3.05, 3.63) is 108 Å². The third-order valence-corrected chi connectivity index (χ3v) is 10.6. The number of thioether (sulfide) groups is 1. The number of esters is 1. The van der Waals surface area contributed by atoms with Crippen LogP contribution in [0, 0.1) is 0 Å². The van der Waals surface area contributed by atoms with Crippen LogP contribution in [0.3, 0.4) is 0 Å². The Labute approximate surface area is 256 Å². The molecule has 8 nitrogen and oxygen atoms in total. The van der Waals surface area contributed by atoms with E-state index in [1.165, 1.54) is 16.3 Å². The lowest BCUT2D eigenvalue weighted by atomic mass is 10.1. The third-order valence-electron chi connectivity index (χ3n) is 7.46. The summed E-state index contributed by atoms with van der Waals surface area (Å²) < 4.78 is 40.0. The fraction of sp³-hybridized carbons (Fsp3) is 0.273. The van der Waals surface area contributed by atoms with Crippen molar-refractivity contribution in [1.29, 1.82) is 0 Å². The lowest BCUT2D eigenvalue weighted by Gasteiger charge is -2.27. The maximum Gasteiger partial charge on any atom is 0.325 e. The van der Waals surface area contributed by atoms with Crippen LogP contribution >= 0.6 is 11.8 Å². The summed E-state index contributed by atoms with van der Waals surface area (Å²) in [6.07, 6.45) is 0.329. The van der Waals surface area contributed by atoms with E-state index in [0.29, 0.717) is 12.2 Å². The van der Waals surface area contributed by atoms with Gasteiger partial charge in [-0.15, -0.1) is 0 Å². The molecule has 10 heteroatoms. The number of ether oxygens (including phenoxy) is 2. The molecule has 0 saturated carbocycles. The number of hydrogen-bond donors (Lipinski definition) is 0. The average Bonchev–Trinajstić information content (AvgIpc) is 3.48. The smallest absolute Gasteiger partial charge is 0.325 e. The summed E-state index contributed by atoms with van der Waals surface area (Å²) in [5.41, 5.74) is 1.91. The number of sulfonamides is 1. The summed E-state index contributed by atoms with van der Waals surface area (Å²) in [6.45, 7) is -0.00789. The predicted molar refractivity (Wildman–Crippen MR) is 168 cm³/mol. The van der Waals surface area contributed by atoms with Gasteiger partial charge < -0.3 is 14.4 Å². The van der Waals surface area contributed by atoms with Gasteiger partial charge in [-0.05, 0) is 52.6 Å². The van der Waals surface area contributed by atoms with Crippen LogP contribution in [-0.4, -0.2) is 68.0 Å². The first-order valence-corrected chi connectivity index (χ1v) is 16.4. The van der Waals surface area contributed by atoms with Crippen LogP contribution in [-0.2, 0) is 36.7 Å². The van der Waals surface area contributed by atoms with E-state index in [9.17, 15) is 18.0 Å². The minimum absolute atomic E-state index is 0.0949. The minimum atomic E-state index is -4.02. The molecule has 224 valence electrons. The molecule has 0 bridgehead atoms. The molecule has 1 saturated heterocycles. The van der Waals surface area contributed by atoms with Crippen molar-refractivity contribution in [2.45, 2.75) is 35.0 Å². The Balaban J connectivity index is 1.33. The molecule has 0 aromatic heterocycles. The zero-order valence-electron chi connectivity index (χ0n) is 24.1. The highest BCUT2D eigenvalue weighted by atomic mass is 32.2. The highest BCUT2D eigenvalue weighted by Crippen LogP contribution is 2.35. The summed E-state index contributed by atoms with van der Waals surface area (Å²) >= 11 is 1.61. The van der Waals surface area contributed by atoms with Gasteiger partial charge in [-0.3, -0.25) is 9.59 Å². The van der Waals surface area contributed by atoms with Gasteiger partial charge in [0, 0.05) is 24.6 Å². The van der Waals surface area contributed by atoms with E-state index < -0.39 is 27.9 Å². The van der Waals surface area contributed by atoms with Crippen molar-refractivity contribution in [2.24, 2.45) is 0 Å². The van der Waals surface area contributed by atoms with Crippen molar-refractivity contribution >= 4 is 44.4 Å². The lowest BCUT2D eigenvalue weighted by molar-refractivity contribution is -0.150. The number of amides is 1. The van der Waals surface area contributed by atoms with Gasteiger partial charge in [0.25, 0.3) is 0 Å². The summed E-state index contributed by atoms with van der Waals surface area (Å²) in [4.78, 5) is 27.7. The van der Waals surface area contributed by atoms with Crippen LogP contribution in [0.15, 0.2) is 102 Å². The molecular formula is C33H34N2O6S2. The maximum absolute atomic E-state index is 14.0. The fourth-order valence-electron chi connectivity index (χ4n) is 5.09. The molecule has 1 aliphatic rings. The first-order chi connectivity index (χ1) is 20.7. The second-order valence-corrected chi connectivity index (χ2v) is 13.6. The fourth-order valence-corrected chi connectivity index (χ4v) is 8.06. The van der Waals surface area contributed by atoms with Gasteiger partial charge >= 0.3 is 5.97 Å². The van der Waals surface area contributed by atoms with Gasteiger partial charge in [-0.1, -0.05) is 72.8 Å². The number of benzene rings is 4. The molecule has 5 rings (SSSR count). The van der Waals surface area contributed by atoms with E-state index >= 15 is 0 Å². The van der Waals surface area contributed by atoms with Crippen LogP contribution in [0.1, 0.15) is 17.5 Å². The SMILES string of the molecule is COc1ccc(CSC2CC(C(=O)N(C)CC(=O)OCc3ccccc3)N(S(=O)(=O)c3ccc4ccccc4c3)C2)cc1. The van der Waals surface area contributed by atoms with E-state index in [2.05, 4.69) is 0 Å². The molecule has 2 unspecified atom stereocenters. The lowest BCUT2D eigenvalue weighted by Crippen LogP contribution is -2.47. The first kappa shape index (κ1) is 30.6. The van der Waals surface area contributed by atoms with E-state index in [1.807, 2.05) is 78.9 Å². The number of nitrogens with zero attached hydrogens (tertiary/aromatic N) is 2. The van der Waals surface area contributed by atoms with Crippen molar-refractivity contribution in [2.75, 3.05) is 27.2 Å². The Morgan fingerprint density at radius 3 is 2.33 bits per heavy atom. The molecule has 0 aliphatic carbocycles. The number of carbonyl (C=O) groups is 2. The van der Waals surface area contributed by atoms with Gasteiger partial charge in [0.2, 0.25) is 15.9 Å². The van der Waals surface area contributed by atoms with Crippen molar-refractivity contribution in [3.8, 4) is 5.75 Å². The highest BCUT2D eigenvalue weighted by Gasteiger charge is 2.45. The topological polar surface area (TPSA) is 93.2 Å². The second kappa shape index (κ2) is 13.6. The molecule has 1 amide bonds. The van der Waals surface area contributed by atoms with Gasteiger partial charge in [0.05, 0.1) is 12.0 Å². The van der Waals surface area contributed by atoms with E-state index in [4.69, 9.17) is 9.47 Å². The molecule has 2 atom stereocenters. The molecule has 1 fully saturated rings. The zero-order chi connectivity index (χ0) is 30.4. The molecule has 43 heavy (non-hydrogen) atoms. The molecule has 4 aromatic carbocycles. The molecule has 4 aromatic rings. The number of fused-ring (bicyclic) bond motifs is 1. The van der Waals surface area contributed by atoms with Gasteiger partial charge in [-0.2, -0.15) is 16.1 Å². The quantitative estimate of drug-likeness (QED) is 0.216. The van der Waals surface area contributed by atoms with Crippen LogP contribution in [0.4, 0.5) is 0 Å². The summed E-state index contributed by atoms with van der Waals surface area (Å²) in [5, 5.41) is 1.61. The average molecular weight is 619 g/mol. The largest absolute Gasteiger partial charge is 0.497 e. The molecule has 0 radical (unpaired) electrons. The minimum Gasteiger partial charge on any atom is -0.497 e. The van der Waals surface area contributed by atoms with Crippen molar-refractivity contribution < 1.29 is 27.5 Å². The Morgan fingerprint density at radius 1 is 0.907 bits per heavy atom. The molecule has 1 aliphatic heterocycles. The number of methoxy groups -OCH3 is 1. The standard InChI is InChI=1S/C33H34N2O6S2/c1-34(21-32(36)41-22-24-8-4-3-5-9-24)33(37)31-19-29(42-23-25-12-15-28(40-2)16-13-25)20-35(31)43(38,39)30-17-14-26-10-6-7-11-27(26)18-30/h3-18,29,31H,19-23H2,1-2H3. The Kier molecular flexibility index (Phi) is 9.69. The van der Waals surface area contributed by atoms with Gasteiger partial charge in [0.15, 0.2) is 0 Å². The Morgan fingerprint density at radius 2 is 1.60 bits per heavy atom. The van der Waals surface area contributed by atoms with E-state index in [-0.39, 0.29) is 29.8 Å². The summed E-state index contributed by atoms with van der Waals surface area (Å²) in [6, 6.07) is 28.6. The molecule has 0 N–H and O–H groups in total. The van der Waals surface area contributed by atoms with Crippen LogP contribution < -0.4 is 4.74 Å². The Bertz CT molecular complexity index is 1680. The maximum atomic E-state index is 14.0. The monoisotopic (exact) mass is 618 g/mol.